The molecule has 0 atom stereocenters. The van der Waals surface area contributed by atoms with Gasteiger partial charge in [-0.25, -0.2) is 0 Å². The van der Waals surface area contributed by atoms with Crippen LogP contribution in [-0.4, -0.2) is 11.2 Å². The van der Waals surface area contributed by atoms with E-state index in [0.717, 1.165) is 32.1 Å². The highest BCUT2D eigenvalue weighted by atomic mass is 16.6. The Bertz CT molecular complexity index is 552. The molecular formula is C22H30NO3. The Balaban J connectivity index is 3.87. The molecule has 141 valence electrons. The molecule has 0 aromatic heterocycles. The van der Waals surface area contributed by atoms with Crippen LogP contribution in [0.4, 0.5) is 0 Å². The number of nitro groups is 1. The molecule has 0 aliphatic rings. The summed E-state index contributed by atoms with van der Waals surface area (Å²) in [4.78, 5) is 20.6. The molecule has 0 aromatic carbocycles. The normalized spacial score (nSPS) is 13.2. The molecule has 0 aromatic rings. The van der Waals surface area contributed by atoms with Gasteiger partial charge in [0.05, 0.1) is 11.3 Å². The molecule has 0 spiro atoms. The van der Waals surface area contributed by atoms with Gasteiger partial charge in [0.25, 0.3) is 0 Å². The van der Waals surface area contributed by atoms with Crippen LogP contribution < -0.4 is 0 Å². The summed E-state index contributed by atoms with van der Waals surface area (Å²) in [5.41, 5.74) is 0.127. The van der Waals surface area contributed by atoms with Crippen LogP contribution >= 0.6 is 0 Å². The summed E-state index contributed by atoms with van der Waals surface area (Å²) in [5.74, 6) is 0. The van der Waals surface area contributed by atoms with Crippen molar-refractivity contribution in [1.82, 2.24) is 0 Å². The predicted octanol–water partition coefficient (Wildman–Crippen LogP) is 6.18. The minimum Gasteiger partial charge on any atom is -0.291 e. The lowest BCUT2D eigenvalue weighted by Gasteiger charge is -1.93. The first kappa shape index (κ1) is 23.5. The average Bonchev–Trinajstić information content (AvgIpc) is 2.63. The van der Waals surface area contributed by atoms with Crippen LogP contribution in [0, 0.1) is 10.1 Å². The molecule has 4 heteroatoms. The van der Waals surface area contributed by atoms with Crippen LogP contribution in [-0.2, 0) is 4.79 Å². The van der Waals surface area contributed by atoms with Crippen molar-refractivity contribution in [3.63, 3.8) is 0 Å². The van der Waals surface area contributed by atoms with Gasteiger partial charge in [-0.05, 0) is 44.6 Å². The second-order valence-electron chi connectivity index (χ2n) is 5.55. The fourth-order valence-corrected chi connectivity index (χ4v) is 1.98. The molecule has 0 N–H and O–H groups in total. The smallest absolute Gasteiger partial charge is 0.246 e. The van der Waals surface area contributed by atoms with Gasteiger partial charge in [0, 0.05) is 6.42 Å². The molecule has 0 aliphatic carbocycles. The fraction of sp³-hybridized carbons (Fsp3) is 0.409. The number of carbonyl (C=O) groups excluding carboxylic acids is 1. The van der Waals surface area contributed by atoms with Crippen LogP contribution in [0.15, 0.2) is 72.5 Å². The Hall–Kier alpha value is -2.49. The SMILES string of the molecule is CC/C=C\C/C=C\C/C=C\C/C=C\C/C=C\C/C(=C\CC[C]=O)[N+](=O)[O-]. The molecule has 0 saturated carbocycles. The lowest BCUT2D eigenvalue weighted by molar-refractivity contribution is -0.427. The first-order valence-electron chi connectivity index (χ1n) is 9.15. The maximum absolute atomic E-state index is 10.8. The number of hydrogen-bond acceptors (Lipinski definition) is 3. The molecule has 0 heterocycles. The third-order valence-corrected chi connectivity index (χ3v) is 3.35. The number of unbranched alkanes of at least 4 members (excludes halogenated alkanes) is 1. The van der Waals surface area contributed by atoms with E-state index in [0.29, 0.717) is 6.42 Å². The van der Waals surface area contributed by atoms with Crippen molar-refractivity contribution in [3.05, 3.63) is 82.6 Å². The van der Waals surface area contributed by atoms with E-state index in [9.17, 15) is 14.9 Å². The third-order valence-electron chi connectivity index (χ3n) is 3.35. The van der Waals surface area contributed by atoms with Crippen molar-refractivity contribution in [2.24, 2.45) is 0 Å². The molecule has 0 rings (SSSR count). The Morgan fingerprint density at radius 2 is 1.31 bits per heavy atom. The second-order valence-corrected chi connectivity index (χ2v) is 5.55. The van der Waals surface area contributed by atoms with Crippen LogP contribution in [0.3, 0.4) is 0 Å². The van der Waals surface area contributed by atoms with Gasteiger partial charge in [-0.3, -0.25) is 14.9 Å². The lowest BCUT2D eigenvalue weighted by Crippen LogP contribution is -1.97. The number of allylic oxidation sites excluding steroid dienone is 11. The van der Waals surface area contributed by atoms with Gasteiger partial charge in [-0.1, -0.05) is 67.7 Å². The quantitative estimate of drug-likeness (QED) is 0.152. The van der Waals surface area contributed by atoms with Crippen LogP contribution in [0.1, 0.15) is 58.3 Å². The standard InChI is InChI=1S/C22H30NO3/c1-2-3-4-5-6-7-8-9-10-11-12-13-14-15-16-19-22(23(25)26)20-17-18-21-24/h3-4,6-7,9-10,12-13,15-16,20H,2,5,8,11,14,17-19H2,1H3/b4-3-,7-6-,10-9-,13-12-,16-15-,22-20+. The van der Waals surface area contributed by atoms with Crippen molar-refractivity contribution < 1.29 is 9.72 Å². The molecule has 0 fully saturated rings. The van der Waals surface area contributed by atoms with Gasteiger partial charge < -0.3 is 0 Å². The molecule has 0 bridgehead atoms. The van der Waals surface area contributed by atoms with Gasteiger partial charge in [0.2, 0.25) is 5.70 Å². The highest BCUT2D eigenvalue weighted by Gasteiger charge is 2.06. The largest absolute Gasteiger partial charge is 0.291 e. The van der Waals surface area contributed by atoms with E-state index in [2.05, 4.69) is 49.5 Å². The van der Waals surface area contributed by atoms with Gasteiger partial charge in [0.1, 0.15) is 0 Å². The number of hydrogen-bond donors (Lipinski definition) is 0. The summed E-state index contributed by atoms with van der Waals surface area (Å²) >= 11 is 0. The zero-order valence-electron chi connectivity index (χ0n) is 15.7. The summed E-state index contributed by atoms with van der Waals surface area (Å²) in [6.07, 6.45) is 29.5. The summed E-state index contributed by atoms with van der Waals surface area (Å²) in [6, 6.07) is 0. The number of rotatable bonds is 15. The van der Waals surface area contributed by atoms with Crippen molar-refractivity contribution in [1.29, 1.82) is 0 Å². The topological polar surface area (TPSA) is 60.2 Å². The molecule has 26 heavy (non-hydrogen) atoms. The Labute approximate surface area is 157 Å². The maximum Gasteiger partial charge on any atom is 0.246 e. The molecule has 1 radical (unpaired) electrons. The second kappa shape index (κ2) is 18.8. The van der Waals surface area contributed by atoms with Gasteiger partial charge in [-0.2, -0.15) is 0 Å². The molecule has 0 amide bonds. The van der Waals surface area contributed by atoms with E-state index in [-0.39, 0.29) is 18.5 Å². The van der Waals surface area contributed by atoms with Crippen LogP contribution in [0.5, 0.6) is 0 Å². The minimum atomic E-state index is -0.398. The van der Waals surface area contributed by atoms with Gasteiger partial charge in [-0.15, -0.1) is 0 Å². The zero-order valence-corrected chi connectivity index (χ0v) is 15.7. The summed E-state index contributed by atoms with van der Waals surface area (Å²) in [6.45, 7) is 2.13. The lowest BCUT2D eigenvalue weighted by atomic mass is 10.2. The monoisotopic (exact) mass is 356 g/mol. The van der Waals surface area contributed by atoms with E-state index in [1.807, 2.05) is 12.2 Å². The third kappa shape index (κ3) is 16.4. The Kier molecular flexibility index (Phi) is 17.0. The summed E-state index contributed by atoms with van der Waals surface area (Å²) in [7, 11) is 0. The highest BCUT2D eigenvalue weighted by Crippen LogP contribution is 2.06. The predicted molar refractivity (Wildman–Crippen MR) is 109 cm³/mol. The summed E-state index contributed by atoms with van der Waals surface area (Å²) in [5, 5.41) is 10.8. The van der Waals surface area contributed by atoms with Crippen molar-refractivity contribution in [2.45, 2.75) is 58.3 Å². The first-order chi connectivity index (χ1) is 12.7. The molecule has 0 saturated heterocycles. The van der Waals surface area contributed by atoms with E-state index in [1.54, 1.807) is 12.4 Å². The van der Waals surface area contributed by atoms with Crippen LogP contribution in [0.2, 0.25) is 0 Å². The fourth-order valence-electron chi connectivity index (χ4n) is 1.98. The minimum absolute atomic E-state index is 0.127. The average molecular weight is 356 g/mol. The van der Waals surface area contributed by atoms with E-state index >= 15 is 0 Å². The molecule has 0 aliphatic heterocycles. The van der Waals surface area contributed by atoms with E-state index < -0.39 is 4.92 Å². The van der Waals surface area contributed by atoms with Gasteiger partial charge in [0.15, 0.2) is 6.29 Å². The van der Waals surface area contributed by atoms with E-state index in [1.165, 1.54) is 6.08 Å². The molecular weight excluding hydrogens is 326 g/mol. The Morgan fingerprint density at radius 1 is 0.846 bits per heavy atom. The summed E-state index contributed by atoms with van der Waals surface area (Å²) < 4.78 is 0. The van der Waals surface area contributed by atoms with E-state index in [4.69, 9.17) is 0 Å². The highest BCUT2D eigenvalue weighted by molar-refractivity contribution is 5.50. The zero-order chi connectivity index (χ0) is 19.3. The molecule has 4 nitrogen and oxygen atoms in total. The van der Waals surface area contributed by atoms with Crippen LogP contribution in [0.25, 0.3) is 0 Å². The maximum atomic E-state index is 10.8. The van der Waals surface area contributed by atoms with Gasteiger partial charge >= 0.3 is 0 Å². The first-order valence-corrected chi connectivity index (χ1v) is 9.15. The Morgan fingerprint density at radius 3 is 1.73 bits per heavy atom. The number of nitrogens with zero attached hydrogens (tertiary/aromatic N) is 1. The van der Waals surface area contributed by atoms with Crippen molar-refractivity contribution in [3.8, 4) is 0 Å². The molecule has 0 unspecified atom stereocenters. The van der Waals surface area contributed by atoms with Crippen molar-refractivity contribution >= 4 is 6.29 Å². The van der Waals surface area contributed by atoms with Crippen molar-refractivity contribution in [2.75, 3.05) is 0 Å².